The van der Waals surface area contributed by atoms with Gasteiger partial charge in [-0.05, 0) is 29.8 Å². The second kappa shape index (κ2) is 5.80. The summed E-state index contributed by atoms with van der Waals surface area (Å²) in [7, 11) is 0. The Hall–Kier alpha value is -3.48. The van der Waals surface area contributed by atoms with Crippen molar-refractivity contribution in [2.45, 2.75) is 18.9 Å². The van der Waals surface area contributed by atoms with E-state index in [4.69, 9.17) is 4.98 Å². The van der Waals surface area contributed by atoms with Crippen LogP contribution in [0.3, 0.4) is 0 Å². The number of aromatic nitrogens is 5. The lowest BCUT2D eigenvalue weighted by molar-refractivity contribution is -0.121. The molecule has 5 rings (SSSR count). The Kier molecular flexibility index (Phi) is 3.31. The van der Waals surface area contributed by atoms with Gasteiger partial charge in [0.25, 0.3) is 0 Å². The number of imidazole rings is 1. The topological polar surface area (TPSA) is 77.1 Å². The number of fused-ring (bicyclic) bond motifs is 3. The maximum absolute atomic E-state index is 12.3. The first-order valence-corrected chi connectivity index (χ1v) is 8.47. The van der Waals surface area contributed by atoms with E-state index in [0.29, 0.717) is 13.0 Å². The van der Waals surface area contributed by atoms with Crippen LogP contribution in [0, 0.1) is 0 Å². The number of benzene rings is 1. The minimum atomic E-state index is -0.0466. The van der Waals surface area contributed by atoms with Gasteiger partial charge in [0.05, 0.1) is 23.6 Å². The minimum absolute atomic E-state index is 0.0398. The Balaban J connectivity index is 1.62. The van der Waals surface area contributed by atoms with Gasteiger partial charge in [0.1, 0.15) is 18.3 Å². The number of rotatable bonds is 2. The number of nitrogens with zero attached hydrogens (tertiary/aromatic N) is 5. The molecule has 1 atom stereocenters. The van der Waals surface area contributed by atoms with Crippen molar-refractivity contribution in [3.05, 3.63) is 78.3 Å². The largest absolute Gasteiger partial charge is 0.350 e. The van der Waals surface area contributed by atoms with Crippen LogP contribution in [0.25, 0.3) is 11.3 Å². The molecule has 1 unspecified atom stereocenters. The molecule has 0 fully saturated rings. The van der Waals surface area contributed by atoms with Crippen molar-refractivity contribution in [2.24, 2.45) is 0 Å². The molecule has 7 nitrogen and oxygen atoms in total. The Morgan fingerprint density at radius 3 is 2.81 bits per heavy atom. The van der Waals surface area contributed by atoms with Crippen molar-refractivity contribution in [1.29, 1.82) is 0 Å². The summed E-state index contributed by atoms with van der Waals surface area (Å²) in [6, 6.07) is 14.0. The summed E-state index contributed by atoms with van der Waals surface area (Å²) in [5.74, 6) is -0.00673. The Morgan fingerprint density at radius 1 is 1.12 bits per heavy atom. The number of hydrogen-bond acceptors (Lipinski definition) is 4. The lowest BCUT2D eigenvalue weighted by Crippen LogP contribution is -2.21. The molecular weight excluding hydrogens is 328 g/mol. The van der Waals surface area contributed by atoms with E-state index in [1.54, 1.807) is 11.0 Å². The number of amides is 1. The monoisotopic (exact) mass is 344 g/mol. The number of carbonyl (C=O) groups excluding carboxylic acids is 1. The molecule has 0 aliphatic carbocycles. The number of pyridine rings is 1. The molecule has 1 aliphatic rings. The second-order valence-corrected chi connectivity index (χ2v) is 6.34. The van der Waals surface area contributed by atoms with Crippen LogP contribution in [0.5, 0.6) is 0 Å². The average molecular weight is 344 g/mol. The maximum Gasteiger partial charge on any atom is 0.221 e. The molecule has 1 N–H and O–H groups in total. The molecule has 128 valence electrons. The predicted molar refractivity (Wildman–Crippen MR) is 94.9 cm³/mol. The molecule has 0 spiro atoms. The van der Waals surface area contributed by atoms with E-state index in [1.165, 1.54) is 6.33 Å². The molecule has 4 heterocycles. The molecule has 0 bridgehead atoms. The third-order valence-electron chi connectivity index (χ3n) is 4.79. The third-order valence-corrected chi connectivity index (χ3v) is 4.79. The highest BCUT2D eigenvalue weighted by Crippen LogP contribution is 2.33. The van der Waals surface area contributed by atoms with Crippen LogP contribution >= 0.6 is 0 Å². The highest BCUT2D eigenvalue weighted by Gasteiger charge is 2.28. The lowest BCUT2D eigenvalue weighted by Gasteiger charge is -2.16. The van der Waals surface area contributed by atoms with Crippen LogP contribution in [0.15, 0.2) is 61.3 Å². The average Bonchev–Trinajstić information content (AvgIpc) is 3.29. The Morgan fingerprint density at radius 2 is 2.00 bits per heavy atom. The van der Waals surface area contributed by atoms with E-state index in [0.717, 1.165) is 28.3 Å². The fourth-order valence-corrected chi connectivity index (χ4v) is 3.58. The molecule has 0 saturated heterocycles. The highest BCUT2D eigenvalue weighted by atomic mass is 16.1. The SMILES string of the molecule is O=C1CC(c2ccc(-n3cncn3)cc2)c2c(nc3ccccn23)CN1. The maximum atomic E-state index is 12.3. The summed E-state index contributed by atoms with van der Waals surface area (Å²) in [4.78, 5) is 20.9. The second-order valence-electron chi connectivity index (χ2n) is 6.34. The normalized spacial score (nSPS) is 16.9. The van der Waals surface area contributed by atoms with Gasteiger partial charge in [-0.15, -0.1) is 0 Å². The number of nitrogens with one attached hydrogen (secondary N) is 1. The van der Waals surface area contributed by atoms with E-state index in [9.17, 15) is 4.79 Å². The number of carbonyl (C=O) groups is 1. The van der Waals surface area contributed by atoms with Crippen molar-refractivity contribution in [1.82, 2.24) is 29.5 Å². The van der Waals surface area contributed by atoms with Gasteiger partial charge in [-0.1, -0.05) is 18.2 Å². The molecule has 1 amide bonds. The summed E-state index contributed by atoms with van der Waals surface area (Å²) >= 11 is 0. The van der Waals surface area contributed by atoms with Gasteiger partial charge in [-0.2, -0.15) is 5.10 Å². The first-order chi connectivity index (χ1) is 12.8. The Bertz CT molecular complexity index is 1080. The van der Waals surface area contributed by atoms with Gasteiger partial charge in [0, 0.05) is 18.5 Å². The zero-order valence-corrected chi connectivity index (χ0v) is 13.9. The lowest BCUT2D eigenvalue weighted by atomic mass is 9.91. The fourth-order valence-electron chi connectivity index (χ4n) is 3.58. The zero-order chi connectivity index (χ0) is 17.5. The quantitative estimate of drug-likeness (QED) is 0.604. The first-order valence-electron chi connectivity index (χ1n) is 8.47. The molecule has 1 aromatic carbocycles. The van der Waals surface area contributed by atoms with Crippen molar-refractivity contribution < 1.29 is 4.79 Å². The number of hydrogen-bond donors (Lipinski definition) is 1. The van der Waals surface area contributed by atoms with Crippen LogP contribution in [0.4, 0.5) is 0 Å². The first kappa shape index (κ1) is 14.8. The summed E-state index contributed by atoms with van der Waals surface area (Å²) in [6.07, 6.45) is 5.58. The van der Waals surface area contributed by atoms with E-state index in [1.807, 2.05) is 48.7 Å². The van der Waals surface area contributed by atoms with Crippen LogP contribution in [-0.2, 0) is 11.3 Å². The van der Waals surface area contributed by atoms with Gasteiger partial charge >= 0.3 is 0 Å². The smallest absolute Gasteiger partial charge is 0.221 e. The van der Waals surface area contributed by atoms with E-state index in [2.05, 4.69) is 19.8 Å². The summed E-state index contributed by atoms with van der Waals surface area (Å²) < 4.78 is 3.80. The highest BCUT2D eigenvalue weighted by molar-refractivity contribution is 5.78. The van der Waals surface area contributed by atoms with Crippen LogP contribution in [0.1, 0.15) is 29.3 Å². The summed E-state index contributed by atoms with van der Waals surface area (Å²) in [5.41, 5.74) is 4.92. The summed E-state index contributed by atoms with van der Waals surface area (Å²) in [5, 5.41) is 7.11. The van der Waals surface area contributed by atoms with E-state index in [-0.39, 0.29) is 11.8 Å². The van der Waals surface area contributed by atoms with Crippen LogP contribution in [0.2, 0.25) is 0 Å². The molecule has 0 saturated carbocycles. The Labute approximate surface area is 149 Å². The van der Waals surface area contributed by atoms with E-state index >= 15 is 0 Å². The molecule has 26 heavy (non-hydrogen) atoms. The fraction of sp³-hybridized carbons (Fsp3) is 0.158. The standard InChI is InChI=1S/C19H16N6O/c26-18-9-15(13-4-6-14(7-5-13)25-12-20-11-22-25)19-16(10-21-18)23-17-3-1-2-8-24(17)19/h1-8,11-12,15H,9-10H2,(H,21,26). The summed E-state index contributed by atoms with van der Waals surface area (Å²) in [6.45, 7) is 0.462. The van der Waals surface area contributed by atoms with Gasteiger partial charge in [-0.3, -0.25) is 4.79 Å². The predicted octanol–water partition coefficient (Wildman–Crippen LogP) is 2.07. The van der Waals surface area contributed by atoms with Crippen LogP contribution < -0.4 is 5.32 Å². The molecule has 4 aromatic rings. The molecule has 0 radical (unpaired) electrons. The third kappa shape index (κ3) is 2.36. The van der Waals surface area contributed by atoms with Gasteiger partial charge in [0.15, 0.2) is 0 Å². The van der Waals surface area contributed by atoms with Gasteiger partial charge < -0.3 is 9.72 Å². The molecule has 3 aromatic heterocycles. The van der Waals surface area contributed by atoms with Gasteiger partial charge in [0.2, 0.25) is 5.91 Å². The molecule has 7 heteroatoms. The van der Waals surface area contributed by atoms with Crippen molar-refractivity contribution in [2.75, 3.05) is 0 Å². The molecular formula is C19H16N6O. The zero-order valence-electron chi connectivity index (χ0n) is 13.9. The van der Waals surface area contributed by atoms with Crippen molar-refractivity contribution in [3.8, 4) is 5.69 Å². The van der Waals surface area contributed by atoms with Gasteiger partial charge in [-0.25, -0.2) is 14.6 Å². The minimum Gasteiger partial charge on any atom is -0.350 e. The van der Waals surface area contributed by atoms with Crippen LogP contribution in [-0.4, -0.2) is 30.1 Å². The van der Waals surface area contributed by atoms with E-state index < -0.39 is 0 Å². The molecule has 1 aliphatic heterocycles. The van der Waals surface area contributed by atoms with Crippen molar-refractivity contribution in [3.63, 3.8) is 0 Å². The van der Waals surface area contributed by atoms with Crippen molar-refractivity contribution >= 4 is 11.6 Å².